The quantitative estimate of drug-likeness (QED) is 0.529. The standard InChI is InChI=1S/C12H7Br3N2O3/c13-8-3-6(4-9(14)11(8)18)12(19)17-16-5-7-1-2-10(15)20-7/h1-5,18H,(H,17,19)/b16-5-. The van der Waals surface area contributed by atoms with Crippen molar-refractivity contribution in [2.45, 2.75) is 0 Å². The SMILES string of the molecule is O=C(N/N=C\c1ccc(Br)o1)c1cc(Br)c(O)c(Br)c1. The zero-order valence-electron chi connectivity index (χ0n) is 9.73. The average Bonchev–Trinajstić information content (AvgIpc) is 2.81. The lowest BCUT2D eigenvalue weighted by molar-refractivity contribution is 0.0955. The monoisotopic (exact) mass is 464 g/mol. The van der Waals surface area contributed by atoms with Crippen molar-refractivity contribution in [1.82, 2.24) is 5.43 Å². The van der Waals surface area contributed by atoms with Crippen LogP contribution >= 0.6 is 47.8 Å². The number of carbonyl (C=O) groups excluding carboxylic acids is 1. The number of rotatable bonds is 3. The van der Waals surface area contributed by atoms with Crippen LogP contribution in [-0.2, 0) is 0 Å². The van der Waals surface area contributed by atoms with Crippen LogP contribution in [0.2, 0.25) is 0 Å². The summed E-state index contributed by atoms with van der Waals surface area (Å²) in [6.07, 6.45) is 1.38. The van der Waals surface area contributed by atoms with Crippen LogP contribution in [0.25, 0.3) is 0 Å². The van der Waals surface area contributed by atoms with Gasteiger partial charge in [0.25, 0.3) is 5.91 Å². The molecule has 1 amide bonds. The Hall–Kier alpha value is -1.12. The van der Waals surface area contributed by atoms with E-state index in [1.807, 2.05) is 0 Å². The van der Waals surface area contributed by atoms with Crippen LogP contribution in [0.1, 0.15) is 16.1 Å². The number of halogens is 3. The number of nitrogens with one attached hydrogen (secondary N) is 1. The first-order valence-electron chi connectivity index (χ1n) is 5.24. The third-order valence-electron chi connectivity index (χ3n) is 2.23. The van der Waals surface area contributed by atoms with Gasteiger partial charge in [0.05, 0.1) is 15.2 Å². The Morgan fingerprint density at radius 3 is 2.45 bits per heavy atom. The van der Waals surface area contributed by atoms with Gasteiger partial charge < -0.3 is 9.52 Å². The summed E-state index contributed by atoms with van der Waals surface area (Å²) in [7, 11) is 0. The molecule has 0 spiro atoms. The van der Waals surface area contributed by atoms with E-state index in [2.05, 4.69) is 58.3 Å². The molecule has 0 bridgehead atoms. The van der Waals surface area contributed by atoms with E-state index in [0.717, 1.165) is 0 Å². The van der Waals surface area contributed by atoms with Crippen LogP contribution in [-0.4, -0.2) is 17.2 Å². The van der Waals surface area contributed by atoms with E-state index >= 15 is 0 Å². The number of hydrazone groups is 1. The molecule has 0 saturated carbocycles. The van der Waals surface area contributed by atoms with E-state index in [4.69, 9.17) is 4.42 Å². The Bertz CT molecular complexity index is 659. The predicted molar refractivity (Wildman–Crippen MR) is 85.0 cm³/mol. The molecule has 0 aliphatic heterocycles. The molecule has 2 N–H and O–H groups in total. The summed E-state index contributed by atoms with van der Waals surface area (Å²) in [5.41, 5.74) is 2.71. The molecule has 2 aromatic rings. The molecule has 104 valence electrons. The second-order valence-electron chi connectivity index (χ2n) is 3.63. The van der Waals surface area contributed by atoms with Gasteiger partial charge in [-0.1, -0.05) is 0 Å². The van der Waals surface area contributed by atoms with Crippen molar-refractivity contribution in [3.63, 3.8) is 0 Å². The lowest BCUT2D eigenvalue weighted by atomic mass is 10.2. The first-order chi connectivity index (χ1) is 9.47. The van der Waals surface area contributed by atoms with Crippen molar-refractivity contribution < 1.29 is 14.3 Å². The molecule has 1 aromatic carbocycles. The maximum atomic E-state index is 11.9. The summed E-state index contributed by atoms with van der Waals surface area (Å²) in [5, 5.41) is 13.3. The highest BCUT2D eigenvalue weighted by Gasteiger charge is 2.11. The summed E-state index contributed by atoms with van der Waals surface area (Å²) in [5.74, 6) is 0.129. The molecule has 0 aliphatic rings. The maximum absolute atomic E-state index is 11.9. The number of hydrogen-bond acceptors (Lipinski definition) is 4. The van der Waals surface area contributed by atoms with Gasteiger partial charge in [0.2, 0.25) is 0 Å². The highest BCUT2D eigenvalue weighted by molar-refractivity contribution is 9.11. The second kappa shape index (κ2) is 6.55. The molecule has 20 heavy (non-hydrogen) atoms. The number of amides is 1. The van der Waals surface area contributed by atoms with Gasteiger partial charge in [0.15, 0.2) is 4.67 Å². The number of benzene rings is 1. The summed E-state index contributed by atoms with van der Waals surface area (Å²) in [6, 6.07) is 6.41. The summed E-state index contributed by atoms with van der Waals surface area (Å²) < 4.78 is 6.60. The van der Waals surface area contributed by atoms with Gasteiger partial charge in [-0.25, -0.2) is 5.43 Å². The van der Waals surface area contributed by atoms with Crippen LogP contribution in [0, 0.1) is 0 Å². The second-order valence-corrected chi connectivity index (χ2v) is 6.12. The Morgan fingerprint density at radius 2 is 1.90 bits per heavy atom. The molecular formula is C12H7Br3N2O3. The average molecular weight is 467 g/mol. The predicted octanol–water partition coefficient (Wildman–Crippen LogP) is 4.04. The van der Waals surface area contributed by atoms with E-state index in [1.54, 1.807) is 12.1 Å². The largest absolute Gasteiger partial charge is 0.506 e. The van der Waals surface area contributed by atoms with E-state index < -0.39 is 5.91 Å². The van der Waals surface area contributed by atoms with Crippen molar-refractivity contribution in [3.05, 3.63) is 49.2 Å². The molecule has 0 radical (unpaired) electrons. The van der Waals surface area contributed by atoms with Crippen molar-refractivity contribution in [3.8, 4) is 5.75 Å². The molecular weight excluding hydrogens is 460 g/mol. The molecule has 0 fully saturated rings. The Labute approximate surface area is 139 Å². The molecule has 0 unspecified atom stereocenters. The van der Waals surface area contributed by atoms with E-state index in [-0.39, 0.29) is 5.75 Å². The Morgan fingerprint density at radius 1 is 1.25 bits per heavy atom. The summed E-state index contributed by atoms with van der Waals surface area (Å²) in [6.45, 7) is 0. The zero-order chi connectivity index (χ0) is 14.7. The Kier molecular flexibility index (Phi) is 5.00. The van der Waals surface area contributed by atoms with Crippen molar-refractivity contribution in [2.24, 2.45) is 5.10 Å². The maximum Gasteiger partial charge on any atom is 0.271 e. The molecule has 5 nitrogen and oxygen atoms in total. The molecule has 2 rings (SSSR count). The molecule has 1 aromatic heterocycles. The number of furan rings is 1. The number of phenols is 1. The Balaban J connectivity index is 2.07. The van der Waals surface area contributed by atoms with Gasteiger partial charge in [0.1, 0.15) is 11.5 Å². The minimum Gasteiger partial charge on any atom is -0.506 e. The van der Waals surface area contributed by atoms with Crippen LogP contribution in [0.15, 0.2) is 47.4 Å². The van der Waals surface area contributed by atoms with E-state index in [1.165, 1.54) is 18.3 Å². The van der Waals surface area contributed by atoms with Gasteiger partial charge in [-0.3, -0.25) is 4.79 Å². The van der Waals surface area contributed by atoms with Gasteiger partial charge in [0, 0.05) is 5.56 Å². The number of nitrogens with zero attached hydrogens (tertiary/aromatic N) is 1. The fourth-order valence-corrected chi connectivity index (χ4v) is 2.82. The van der Waals surface area contributed by atoms with Crippen molar-refractivity contribution in [1.29, 1.82) is 0 Å². The zero-order valence-corrected chi connectivity index (χ0v) is 14.5. The minimum atomic E-state index is -0.409. The first-order valence-corrected chi connectivity index (χ1v) is 7.62. The van der Waals surface area contributed by atoms with Gasteiger partial charge in [-0.15, -0.1) is 0 Å². The van der Waals surface area contributed by atoms with Crippen LogP contribution in [0.3, 0.4) is 0 Å². The topological polar surface area (TPSA) is 74.8 Å². The molecule has 1 heterocycles. The van der Waals surface area contributed by atoms with E-state index in [9.17, 15) is 9.90 Å². The van der Waals surface area contributed by atoms with Crippen LogP contribution in [0.5, 0.6) is 5.75 Å². The lowest BCUT2D eigenvalue weighted by Crippen LogP contribution is -2.17. The third-order valence-corrected chi connectivity index (χ3v) is 3.87. The number of carbonyl (C=O) groups is 1. The van der Waals surface area contributed by atoms with Gasteiger partial charge in [-0.05, 0) is 72.1 Å². The molecule has 0 saturated heterocycles. The van der Waals surface area contributed by atoms with Crippen LogP contribution < -0.4 is 5.43 Å². The normalized spacial score (nSPS) is 10.9. The van der Waals surface area contributed by atoms with Crippen molar-refractivity contribution in [2.75, 3.05) is 0 Å². The van der Waals surface area contributed by atoms with Crippen molar-refractivity contribution >= 4 is 59.9 Å². The highest BCUT2D eigenvalue weighted by atomic mass is 79.9. The molecule has 8 heteroatoms. The van der Waals surface area contributed by atoms with Crippen LogP contribution in [0.4, 0.5) is 0 Å². The summed E-state index contributed by atoms with van der Waals surface area (Å²) in [4.78, 5) is 11.9. The molecule has 0 atom stereocenters. The van der Waals surface area contributed by atoms with Gasteiger partial charge in [-0.2, -0.15) is 5.10 Å². The first kappa shape index (κ1) is 15.3. The van der Waals surface area contributed by atoms with Gasteiger partial charge >= 0.3 is 0 Å². The number of phenolic OH excluding ortho intramolecular Hbond substituents is 1. The fourth-order valence-electron chi connectivity index (χ4n) is 1.31. The highest BCUT2D eigenvalue weighted by Crippen LogP contribution is 2.33. The molecule has 0 aliphatic carbocycles. The lowest BCUT2D eigenvalue weighted by Gasteiger charge is -2.04. The number of aromatic hydroxyl groups is 1. The fraction of sp³-hybridized carbons (Fsp3) is 0. The minimum absolute atomic E-state index is 0.0329. The number of hydrogen-bond donors (Lipinski definition) is 2. The third kappa shape index (κ3) is 3.71. The summed E-state index contributed by atoms with van der Waals surface area (Å²) >= 11 is 9.47. The van der Waals surface area contributed by atoms with E-state index in [0.29, 0.717) is 24.9 Å². The smallest absolute Gasteiger partial charge is 0.271 e.